The lowest BCUT2D eigenvalue weighted by atomic mass is 10.1. The molecule has 0 fully saturated rings. The summed E-state index contributed by atoms with van der Waals surface area (Å²) in [5.74, 6) is -1.52. The number of benzene rings is 1. The predicted molar refractivity (Wildman–Crippen MR) is 83.8 cm³/mol. The van der Waals surface area contributed by atoms with Crippen molar-refractivity contribution in [2.75, 3.05) is 27.3 Å². The SMILES string of the molecule is COCC(Cc1ccccc1)NC(=O)N(C)CC(C)C(=O)O. The van der Waals surface area contributed by atoms with Crippen LogP contribution in [-0.4, -0.2) is 55.4 Å². The van der Waals surface area contributed by atoms with E-state index in [4.69, 9.17) is 9.84 Å². The van der Waals surface area contributed by atoms with E-state index in [1.165, 1.54) is 4.90 Å². The van der Waals surface area contributed by atoms with Crippen molar-refractivity contribution >= 4 is 12.0 Å². The van der Waals surface area contributed by atoms with E-state index in [1.807, 2.05) is 30.3 Å². The summed E-state index contributed by atoms with van der Waals surface area (Å²) in [5, 5.41) is 11.8. The highest BCUT2D eigenvalue weighted by atomic mass is 16.5. The molecule has 0 aromatic heterocycles. The van der Waals surface area contributed by atoms with Crippen LogP contribution >= 0.6 is 0 Å². The van der Waals surface area contributed by atoms with Gasteiger partial charge in [0.1, 0.15) is 0 Å². The minimum atomic E-state index is -0.919. The maximum atomic E-state index is 12.1. The number of amides is 2. The van der Waals surface area contributed by atoms with Crippen molar-refractivity contribution in [2.45, 2.75) is 19.4 Å². The molecule has 0 bridgehead atoms. The molecule has 22 heavy (non-hydrogen) atoms. The van der Waals surface area contributed by atoms with Crippen molar-refractivity contribution in [3.63, 3.8) is 0 Å². The topological polar surface area (TPSA) is 78.9 Å². The van der Waals surface area contributed by atoms with Gasteiger partial charge in [-0.3, -0.25) is 4.79 Å². The molecule has 0 radical (unpaired) electrons. The molecule has 2 N–H and O–H groups in total. The molecule has 0 saturated heterocycles. The van der Waals surface area contributed by atoms with Gasteiger partial charge in [-0.2, -0.15) is 0 Å². The summed E-state index contributed by atoms with van der Waals surface area (Å²) < 4.78 is 5.15. The van der Waals surface area contributed by atoms with Gasteiger partial charge in [0.05, 0.1) is 18.6 Å². The molecule has 0 heterocycles. The van der Waals surface area contributed by atoms with E-state index in [-0.39, 0.29) is 18.6 Å². The molecule has 0 aliphatic rings. The highest BCUT2D eigenvalue weighted by Crippen LogP contribution is 2.05. The smallest absolute Gasteiger partial charge is 0.317 e. The van der Waals surface area contributed by atoms with Crippen LogP contribution in [0.15, 0.2) is 30.3 Å². The van der Waals surface area contributed by atoms with Crippen LogP contribution in [0.2, 0.25) is 0 Å². The van der Waals surface area contributed by atoms with E-state index in [0.29, 0.717) is 13.0 Å². The van der Waals surface area contributed by atoms with Crippen LogP contribution in [0.1, 0.15) is 12.5 Å². The number of rotatable bonds is 8. The van der Waals surface area contributed by atoms with Crippen molar-refractivity contribution in [3.8, 4) is 0 Å². The Bertz CT molecular complexity index is 478. The number of nitrogens with one attached hydrogen (secondary N) is 1. The Balaban J connectivity index is 2.58. The number of urea groups is 1. The quantitative estimate of drug-likeness (QED) is 0.764. The highest BCUT2D eigenvalue weighted by Gasteiger charge is 2.20. The average Bonchev–Trinajstić information content (AvgIpc) is 2.48. The molecule has 1 rings (SSSR count). The molecule has 1 aromatic carbocycles. The summed E-state index contributed by atoms with van der Waals surface area (Å²) in [5.41, 5.74) is 1.10. The van der Waals surface area contributed by atoms with Crippen LogP contribution in [0.3, 0.4) is 0 Å². The molecule has 6 heteroatoms. The van der Waals surface area contributed by atoms with Gasteiger partial charge in [-0.1, -0.05) is 37.3 Å². The monoisotopic (exact) mass is 308 g/mol. The van der Waals surface area contributed by atoms with Crippen molar-refractivity contribution < 1.29 is 19.4 Å². The van der Waals surface area contributed by atoms with E-state index in [1.54, 1.807) is 21.1 Å². The third-order valence-corrected chi connectivity index (χ3v) is 3.34. The summed E-state index contributed by atoms with van der Waals surface area (Å²) >= 11 is 0. The zero-order valence-electron chi connectivity index (χ0n) is 13.3. The fourth-order valence-electron chi connectivity index (χ4n) is 2.11. The Kier molecular flexibility index (Phi) is 7.39. The minimum Gasteiger partial charge on any atom is -0.481 e. The van der Waals surface area contributed by atoms with E-state index in [2.05, 4.69) is 5.32 Å². The van der Waals surface area contributed by atoms with Gasteiger partial charge in [0.25, 0.3) is 0 Å². The number of carbonyl (C=O) groups excluding carboxylic acids is 1. The first-order chi connectivity index (χ1) is 10.4. The summed E-state index contributed by atoms with van der Waals surface area (Å²) in [6, 6.07) is 9.35. The van der Waals surface area contributed by atoms with Gasteiger partial charge in [-0.25, -0.2) is 4.79 Å². The Labute approximate surface area is 131 Å². The van der Waals surface area contributed by atoms with Crippen molar-refractivity contribution in [2.24, 2.45) is 5.92 Å². The van der Waals surface area contributed by atoms with E-state index in [0.717, 1.165) is 5.56 Å². The van der Waals surface area contributed by atoms with Crippen molar-refractivity contribution in [3.05, 3.63) is 35.9 Å². The van der Waals surface area contributed by atoms with Gasteiger partial charge >= 0.3 is 12.0 Å². The molecule has 0 saturated carbocycles. The maximum absolute atomic E-state index is 12.1. The lowest BCUT2D eigenvalue weighted by Gasteiger charge is -2.24. The molecule has 6 nitrogen and oxygen atoms in total. The third-order valence-electron chi connectivity index (χ3n) is 3.34. The predicted octanol–water partition coefficient (Wildman–Crippen LogP) is 1.61. The van der Waals surface area contributed by atoms with Gasteiger partial charge in [-0.05, 0) is 12.0 Å². The van der Waals surface area contributed by atoms with Crippen LogP contribution < -0.4 is 5.32 Å². The first kappa shape index (κ1) is 18.0. The maximum Gasteiger partial charge on any atom is 0.317 e. The van der Waals surface area contributed by atoms with Crippen LogP contribution in [0.5, 0.6) is 0 Å². The summed E-state index contributed by atoms with van der Waals surface area (Å²) in [4.78, 5) is 24.4. The van der Waals surface area contributed by atoms with Gasteiger partial charge in [0.2, 0.25) is 0 Å². The number of hydrogen-bond acceptors (Lipinski definition) is 3. The van der Waals surface area contributed by atoms with E-state index >= 15 is 0 Å². The summed E-state index contributed by atoms with van der Waals surface area (Å²) in [6.07, 6.45) is 0.656. The Morgan fingerprint density at radius 2 is 1.95 bits per heavy atom. The van der Waals surface area contributed by atoms with Gasteiger partial charge in [-0.15, -0.1) is 0 Å². The number of ether oxygens (including phenoxy) is 1. The second kappa shape index (κ2) is 9.04. The van der Waals surface area contributed by atoms with Crippen LogP contribution in [0.4, 0.5) is 4.79 Å². The van der Waals surface area contributed by atoms with Crippen LogP contribution in [-0.2, 0) is 16.0 Å². The fraction of sp³-hybridized carbons (Fsp3) is 0.500. The number of hydrogen-bond donors (Lipinski definition) is 2. The third kappa shape index (κ3) is 6.13. The summed E-state index contributed by atoms with van der Waals surface area (Å²) in [7, 11) is 3.17. The molecule has 122 valence electrons. The number of methoxy groups -OCH3 is 1. The first-order valence-corrected chi connectivity index (χ1v) is 7.21. The normalized spacial score (nSPS) is 13.2. The van der Waals surface area contributed by atoms with Crippen molar-refractivity contribution in [1.29, 1.82) is 0 Å². The van der Waals surface area contributed by atoms with Gasteiger partial charge in [0, 0.05) is 20.7 Å². The van der Waals surface area contributed by atoms with E-state index in [9.17, 15) is 9.59 Å². The fourth-order valence-corrected chi connectivity index (χ4v) is 2.11. The minimum absolute atomic E-state index is 0.159. The molecule has 0 spiro atoms. The first-order valence-electron chi connectivity index (χ1n) is 7.21. The molecule has 2 atom stereocenters. The molecule has 0 aliphatic heterocycles. The van der Waals surface area contributed by atoms with Gasteiger partial charge in [0.15, 0.2) is 0 Å². The average molecular weight is 308 g/mol. The van der Waals surface area contributed by atoms with E-state index < -0.39 is 11.9 Å². The molecule has 1 aromatic rings. The largest absolute Gasteiger partial charge is 0.481 e. The van der Waals surface area contributed by atoms with Crippen molar-refractivity contribution in [1.82, 2.24) is 10.2 Å². The van der Waals surface area contributed by atoms with Gasteiger partial charge < -0.3 is 20.1 Å². The number of carbonyl (C=O) groups is 2. The lowest BCUT2D eigenvalue weighted by Crippen LogP contribution is -2.47. The Morgan fingerprint density at radius 1 is 1.32 bits per heavy atom. The molecule has 2 amide bonds. The highest BCUT2D eigenvalue weighted by molar-refractivity contribution is 5.76. The molecular formula is C16H24N2O4. The van der Waals surface area contributed by atoms with Crippen LogP contribution in [0, 0.1) is 5.92 Å². The Hall–Kier alpha value is -2.08. The molecule has 0 aliphatic carbocycles. The number of carboxylic acids is 1. The zero-order chi connectivity index (χ0) is 16.5. The second-order valence-electron chi connectivity index (χ2n) is 5.41. The number of nitrogens with zero attached hydrogens (tertiary/aromatic N) is 1. The lowest BCUT2D eigenvalue weighted by molar-refractivity contribution is -0.141. The zero-order valence-corrected chi connectivity index (χ0v) is 13.3. The van der Waals surface area contributed by atoms with Crippen LogP contribution in [0.25, 0.3) is 0 Å². The number of aliphatic carboxylic acids is 1. The summed E-state index contributed by atoms with van der Waals surface area (Å²) in [6.45, 7) is 2.12. The standard InChI is InChI=1S/C16H24N2O4/c1-12(15(19)20)10-18(2)16(21)17-14(11-22-3)9-13-7-5-4-6-8-13/h4-8,12,14H,9-11H2,1-3H3,(H,17,21)(H,19,20). The second-order valence-corrected chi connectivity index (χ2v) is 5.41. The number of carboxylic acid groups (broad SMARTS) is 1. The molecular weight excluding hydrogens is 284 g/mol. The molecule has 2 unspecified atom stereocenters. The Morgan fingerprint density at radius 3 is 2.50 bits per heavy atom.